The molecule has 0 radical (unpaired) electrons. The van der Waals surface area contributed by atoms with Gasteiger partial charge in [0, 0.05) is 30.9 Å². The van der Waals surface area contributed by atoms with Crippen LogP contribution in [0.2, 0.25) is 0 Å². The first-order chi connectivity index (χ1) is 20.9. The van der Waals surface area contributed by atoms with E-state index >= 15 is 0 Å². The van der Waals surface area contributed by atoms with Gasteiger partial charge in [0.25, 0.3) is 5.91 Å². The normalized spacial score (nSPS) is 21.1. The molecule has 0 aromatic heterocycles. The molecular formula is C34H34N2O7. The quantitative estimate of drug-likeness (QED) is 0.199. The van der Waals surface area contributed by atoms with Crippen LogP contribution in [0.15, 0.2) is 66.7 Å². The lowest BCUT2D eigenvalue weighted by Gasteiger charge is -2.45. The summed E-state index contributed by atoms with van der Waals surface area (Å²) < 4.78 is 15.5. The molecule has 2 bridgehead atoms. The molecule has 9 nitrogen and oxygen atoms in total. The molecule has 0 unspecified atom stereocenters. The lowest BCUT2D eigenvalue weighted by atomic mass is 9.55. The number of imide groups is 1. The summed E-state index contributed by atoms with van der Waals surface area (Å²) in [6.07, 6.45) is 1.90. The van der Waals surface area contributed by atoms with Gasteiger partial charge in [-0.05, 0) is 47.2 Å². The van der Waals surface area contributed by atoms with Crippen molar-refractivity contribution in [3.63, 3.8) is 0 Å². The number of nitrogens with zero attached hydrogens (tertiary/aromatic N) is 1. The highest BCUT2D eigenvalue weighted by Gasteiger charge is 2.61. The fraction of sp³-hybridized carbons (Fsp3) is 0.353. The molecule has 9 heteroatoms. The number of likely N-dealkylation sites (tertiary alicyclic amines) is 1. The van der Waals surface area contributed by atoms with Crippen molar-refractivity contribution in [1.82, 2.24) is 4.90 Å². The van der Waals surface area contributed by atoms with Crippen LogP contribution in [-0.2, 0) is 23.9 Å². The molecule has 4 aliphatic rings. The van der Waals surface area contributed by atoms with E-state index in [1.165, 1.54) is 19.1 Å². The first-order valence-electron chi connectivity index (χ1n) is 14.6. The lowest BCUT2D eigenvalue weighted by molar-refractivity contribution is -0.147. The highest BCUT2D eigenvalue weighted by Crippen LogP contribution is 2.60. The summed E-state index contributed by atoms with van der Waals surface area (Å²) in [7, 11) is 3.01. The van der Waals surface area contributed by atoms with Crippen LogP contribution in [0, 0.1) is 11.8 Å². The van der Waals surface area contributed by atoms with Gasteiger partial charge in [0.15, 0.2) is 6.61 Å². The summed E-state index contributed by atoms with van der Waals surface area (Å²) >= 11 is 0. The number of rotatable bonds is 11. The van der Waals surface area contributed by atoms with Crippen LogP contribution >= 0.6 is 0 Å². The van der Waals surface area contributed by atoms with Crippen molar-refractivity contribution in [2.75, 3.05) is 32.7 Å². The first-order valence-corrected chi connectivity index (χ1v) is 14.6. The molecule has 2 atom stereocenters. The minimum Gasteiger partial charge on any atom is -0.497 e. The number of unbranched alkanes of at least 4 members (excludes halogenated alkanes) is 2. The van der Waals surface area contributed by atoms with Gasteiger partial charge >= 0.3 is 5.97 Å². The first kappa shape index (κ1) is 28.5. The molecule has 43 heavy (non-hydrogen) atoms. The largest absolute Gasteiger partial charge is 0.497 e. The minimum absolute atomic E-state index is 0.0899. The number of esters is 1. The maximum atomic E-state index is 13.7. The Morgan fingerprint density at radius 3 is 1.88 bits per heavy atom. The Hall–Kier alpha value is -4.66. The molecule has 222 valence electrons. The van der Waals surface area contributed by atoms with Crippen molar-refractivity contribution < 1.29 is 33.4 Å². The van der Waals surface area contributed by atoms with Crippen molar-refractivity contribution in [3.8, 4) is 11.5 Å². The average Bonchev–Trinajstić information content (AvgIpc) is 3.29. The third-order valence-corrected chi connectivity index (χ3v) is 8.85. The molecule has 1 aliphatic heterocycles. The second-order valence-corrected chi connectivity index (χ2v) is 11.2. The van der Waals surface area contributed by atoms with Crippen LogP contribution in [-0.4, -0.2) is 56.0 Å². The summed E-state index contributed by atoms with van der Waals surface area (Å²) in [4.78, 5) is 53.3. The van der Waals surface area contributed by atoms with E-state index in [-0.39, 0.29) is 41.9 Å². The Morgan fingerprint density at radius 2 is 1.35 bits per heavy atom. The molecule has 7 rings (SSSR count). The Kier molecular flexibility index (Phi) is 7.88. The van der Waals surface area contributed by atoms with E-state index in [1.807, 2.05) is 24.3 Å². The highest BCUT2D eigenvalue weighted by atomic mass is 16.5. The van der Waals surface area contributed by atoms with Crippen LogP contribution in [0.4, 0.5) is 5.69 Å². The van der Waals surface area contributed by atoms with E-state index in [0.717, 1.165) is 22.3 Å². The smallest absolute Gasteiger partial charge is 0.306 e. The molecule has 0 spiro atoms. The summed E-state index contributed by atoms with van der Waals surface area (Å²) in [5, 5.41) is 2.66. The van der Waals surface area contributed by atoms with Crippen molar-refractivity contribution in [2.45, 2.75) is 37.5 Å². The van der Waals surface area contributed by atoms with E-state index in [9.17, 15) is 19.2 Å². The SMILES string of the molecule is COc1ccc(NC(=O)COC(=O)CCCCCN2C(=O)[C@@H]3C4c5ccccc5C(c5ccccc54)[C@@H]3C2=O)c(OC)c1. The monoisotopic (exact) mass is 582 g/mol. The number of anilines is 1. The van der Waals surface area contributed by atoms with E-state index < -0.39 is 18.5 Å². The van der Waals surface area contributed by atoms with Crippen LogP contribution in [0.3, 0.4) is 0 Å². The van der Waals surface area contributed by atoms with Crippen molar-refractivity contribution >= 4 is 29.4 Å². The standard InChI is InChI=1S/C34H34N2O7/c1-41-20-15-16-25(26(18-20)42-2)35-27(37)19-43-28(38)14-4-3-9-17-36-33(39)31-29-21-10-5-6-11-22(21)30(32(31)34(36)40)24-13-8-7-12-23(24)29/h5-8,10-13,15-16,18,29-32H,3-4,9,14,17,19H2,1-2H3,(H,35,37)/t29?,30?,31-,32+. The molecule has 3 aliphatic carbocycles. The summed E-state index contributed by atoms with van der Waals surface area (Å²) in [5.74, 6) is -1.10. The second-order valence-electron chi connectivity index (χ2n) is 11.2. The zero-order valence-electron chi connectivity index (χ0n) is 24.2. The van der Waals surface area contributed by atoms with Crippen molar-refractivity contribution in [2.24, 2.45) is 11.8 Å². The molecule has 3 aromatic carbocycles. The molecule has 0 saturated carbocycles. The van der Waals surface area contributed by atoms with Gasteiger partial charge < -0.3 is 19.5 Å². The fourth-order valence-corrected chi connectivity index (χ4v) is 6.98. The average molecular weight is 583 g/mol. The molecule has 3 aromatic rings. The number of carbonyl (C=O) groups excluding carboxylic acids is 4. The van der Waals surface area contributed by atoms with E-state index in [2.05, 4.69) is 29.6 Å². The number of nitrogens with one attached hydrogen (secondary N) is 1. The van der Waals surface area contributed by atoms with Gasteiger partial charge in [-0.2, -0.15) is 0 Å². The number of carbonyl (C=O) groups is 4. The third-order valence-electron chi connectivity index (χ3n) is 8.85. The van der Waals surface area contributed by atoms with Crippen LogP contribution in [0.1, 0.15) is 59.8 Å². The fourth-order valence-electron chi connectivity index (χ4n) is 6.98. The van der Waals surface area contributed by atoms with E-state index in [1.54, 1.807) is 18.2 Å². The predicted octanol–water partition coefficient (Wildman–Crippen LogP) is 4.64. The maximum absolute atomic E-state index is 13.7. The Balaban J connectivity index is 0.982. The molecule has 1 N–H and O–H groups in total. The van der Waals surface area contributed by atoms with Gasteiger partial charge in [0.1, 0.15) is 11.5 Å². The van der Waals surface area contributed by atoms with Crippen molar-refractivity contribution in [1.29, 1.82) is 0 Å². The zero-order valence-corrected chi connectivity index (χ0v) is 24.2. The summed E-state index contributed by atoms with van der Waals surface area (Å²) in [5.41, 5.74) is 5.07. The Labute approximate surface area is 250 Å². The second kappa shape index (κ2) is 11.9. The number of hydrogen-bond donors (Lipinski definition) is 1. The van der Waals surface area contributed by atoms with Gasteiger partial charge in [0.05, 0.1) is 31.7 Å². The highest BCUT2D eigenvalue weighted by molar-refractivity contribution is 6.07. The van der Waals surface area contributed by atoms with E-state index in [4.69, 9.17) is 14.2 Å². The Morgan fingerprint density at radius 1 is 0.767 bits per heavy atom. The van der Waals surface area contributed by atoms with Gasteiger partial charge in [0.2, 0.25) is 11.8 Å². The maximum Gasteiger partial charge on any atom is 0.306 e. The number of methoxy groups -OCH3 is 2. The minimum atomic E-state index is -0.484. The number of hydrogen-bond acceptors (Lipinski definition) is 7. The summed E-state index contributed by atoms with van der Waals surface area (Å²) in [6, 6.07) is 21.4. The summed E-state index contributed by atoms with van der Waals surface area (Å²) in [6.45, 7) is -0.0847. The van der Waals surface area contributed by atoms with Crippen LogP contribution in [0.5, 0.6) is 11.5 Å². The third kappa shape index (κ3) is 5.13. The zero-order chi connectivity index (χ0) is 30.1. The van der Waals surface area contributed by atoms with Gasteiger partial charge in [-0.3, -0.25) is 24.1 Å². The lowest BCUT2D eigenvalue weighted by Crippen LogP contribution is -2.41. The van der Waals surface area contributed by atoms with E-state index in [0.29, 0.717) is 43.0 Å². The molecular weight excluding hydrogens is 548 g/mol. The molecule has 1 saturated heterocycles. The Bertz CT molecular complexity index is 1470. The van der Waals surface area contributed by atoms with Crippen molar-refractivity contribution in [3.05, 3.63) is 89.0 Å². The predicted molar refractivity (Wildman–Crippen MR) is 158 cm³/mol. The van der Waals surface area contributed by atoms with Gasteiger partial charge in [-0.15, -0.1) is 0 Å². The van der Waals surface area contributed by atoms with Crippen LogP contribution < -0.4 is 14.8 Å². The number of amides is 3. The topological polar surface area (TPSA) is 111 Å². The number of benzene rings is 3. The molecule has 1 fully saturated rings. The van der Waals surface area contributed by atoms with Crippen LogP contribution in [0.25, 0.3) is 0 Å². The molecule has 3 amide bonds. The molecule has 1 heterocycles. The van der Waals surface area contributed by atoms with Gasteiger partial charge in [-0.1, -0.05) is 55.0 Å². The van der Waals surface area contributed by atoms with Gasteiger partial charge in [-0.25, -0.2) is 0 Å². The number of ether oxygens (including phenoxy) is 3.